The Kier molecular flexibility index (Phi) is 3.14. The second-order valence-electron chi connectivity index (χ2n) is 4.87. The van der Waals surface area contributed by atoms with Gasteiger partial charge in [0.15, 0.2) is 5.82 Å². The molecule has 2 N–H and O–H groups in total. The number of nitrogen functional groups attached to an aromatic ring is 1. The monoisotopic (exact) mass is 272 g/mol. The fraction of sp³-hybridized carbons (Fsp3) is 0.357. The van der Waals surface area contributed by atoms with Gasteiger partial charge in [0.25, 0.3) is 0 Å². The van der Waals surface area contributed by atoms with Crippen LogP contribution in [-0.4, -0.2) is 27.8 Å². The summed E-state index contributed by atoms with van der Waals surface area (Å²) in [5.41, 5.74) is 7.42. The maximum absolute atomic E-state index is 11.6. The summed E-state index contributed by atoms with van der Waals surface area (Å²) in [4.78, 5) is 16.1. The third-order valence-electron chi connectivity index (χ3n) is 3.60. The zero-order valence-electron chi connectivity index (χ0n) is 11.2. The predicted octanol–water partition coefficient (Wildman–Crippen LogP) is 1.26. The zero-order valence-corrected chi connectivity index (χ0v) is 11.2. The summed E-state index contributed by atoms with van der Waals surface area (Å²) >= 11 is 0. The van der Waals surface area contributed by atoms with Crippen LogP contribution in [0.5, 0.6) is 0 Å². The van der Waals surface area contributed by atoms with Gasteiger partial charge in [-0.2, -0.15) is 5.10 Å². The van der Waals surface area contributed by atoms with Crippen molar-refractivity contribution in [1.29, 1.82) is 0 Å². The SMILES string of the molecule is COC(=O)C1CCn2nc(-c3ccccc3N)nc2C1. The van der Waals surface area contributed by atoms with Crippen molar-refractivity contribution < 1.29 is 9.53 Å². The van der Waals surface area contributed by atoms with E-state index in [1.807, 2.05) is 28.9 Å². The number of rotatable bonds is 2. The Bertz CT molecular complexity index is 650. The summed E-state index contributed by atoms with van der Waals surface area (Å²) in [6, 6.07) is 7.51. The van der Waals surface area contributed by atoms with Gasteiger partial charge in [-0.05, 0) is 18.6 Å². The maximum atomic E-state index is 11.6. The molecule has 1 aliphatic heterocycles. The van der Waals surface area contributed by atoms with E-state index in [0.29, 0.717) is 24.5 Å². The number of ether oxygens (including phenoxy) is 1. The molecule has 0 saturated heterocycles. The lowest BCUT2D eigenvalue weighted by Crippen LogP contribution is -2.27. The number of esters is 1. The molecule has 6 heteroatoms. The first kappa shape index (κ1) is 12.7. The van der Waals surface area contributed by atoms with Crippen molar-refractivity contribution in [2.24, 2.45) is 5.92 Å². The van der Waals surface area contributed by atoms with E-state index in [1.54, 1.807) is 0 Å². The van der Waals surface area contributed by atoms with Crippen LogP contribution in [0.2, 0.25) is 0 Å². The molecule has 1 atom stereocenters. The van der Waals surface area contributed by atoms with Crippen LogP contribution in [0.3, 0.4) is 0 Å². The van der Waals surface area contributed by atoms with Gasteiger partial charge in [0.2, 0.25) is 0 Å². The Morgan fingerprint density at radius 1 is 1.45 bits per heavy atom. The number of carbonyl (C=O) groups excluding carboxylic acids is 1. The minimum Gasteiger partial charge on any atom is -0.469 e. The highest BCUT2D eigenvalue weighted by molar-refractivity contribution is 5.73. The van der Waals surface area contributed by atoms with E-state index in [0.717, 1.165) is 17.8 Å². The Hall–Kier alpha value is -2.37. The van der Waals surface area contributed by atoms with E-state index in [9.17, 15) is 4.79 Å². The van der Waals surface area contributed by atoms with E-state index < -0.39 is 0 Å². The van der Waals surface area contributed by atoms with Crippen LogP contribution in [0, 0.1) is 5.92 Å². The molecule has 0 spiro atoms. The number of nitrogens with two attached hydrogens (primary N) is 1. The minimum atomic E-state index is -0.181. The summed E-state index contributed by atoms with van der Waals surface area (Å²) in [5.74, 6) is 1.12. The van der Waals surface area contributed by atoms with Crippen molar-refractivity contribution in [2.45, 2.75) is 19.4 Å². The average Bonchev–Trinajstić information content (AvgIpc) is 2.89. The first-order valence-electron chi connectivity index (χ1n) is 6.55. The predicted molar refractivity (Wildman–Crippen MR) is 73.7 cm³/mol. The molecule has 0 fully saturated rings. The molecule has 2 heterocycles. The summed E-state index contributed by atoms with van der Waals surface area (Å²) < 4.78 is 6.65. The summed E-state index contributed by atoms with van der Waals surface area (Å²) in [6.07, 6.45) is 1.29. The molecule has 1 aliphatic rings. The fourth-order valence-corrected chi connectivity index (χ4v) is 2.49. The number of anilines is 1. The lowest BCUT2D eigenvalue weighted by Gasteiger charge is -2.19. The van der Waals surface area contributed by atoms with Crippen molar-refractivity contribution in [3.63, 3.8) is 0 Å². The highest BCUT2D eigenvalue weighted by Gasteiger charge is 2.28. The Balaban J connectivity index is 1.91. The summed E-state index contributed by atoms with van der Waals surface area (Å²) in [7, 11) is 1.41. The molecule has 2 aromatic rings. The van der Waals surface area contributed by atoms with Crippen molar-refractivity contribution >= 4 is 11.7 Å². The second-order valence-corrected chi connectivity index (χ2v) is 4.87. The number of aryl methyl sites for hydroxylation is 1. The number of aromatic nitrogens is 3. The van der Waals surface area contributed by atoms with E-state index in [-0.39, 0.29) is 11.9 Å². The van der Waals surface area contributed by atoms with Gasteiger partial charge in [-0.1, -0.05) is 12.1 Å². The topological polar surface area (TPSA) is 83.0 Å². The molecule has 1 aromatic carbocycles. The molecular formula is C14H16N4O2. The van der Waals surface area contributed by atoms with Crippen LogP contribution in [0.15, 0.2) is 24.3 Å². The number of hydrogen-bond acceptors (Lipinski definition) is 5. The van der Waals surface area contributed by atoms with Crippen molar-refractivity contribution in [2.75, 3.05) is 12.8 Å². The number of nitrogens with zero attached hydrogens (tertiary/aromatic N) is 3. The molecule has 0 radical (unpaired) electrons. The van der Waals surface area contributed by atoms with E-state index >= 15 is 0 Å². The lowest BCUT2D eigenvalue weighted by molar-refractivity contribution is -0.146. The fourth-order valence-electron chi connectivity index (χ4n) is 2.49. The van der Waals surface area contributed by atoms with Gasteiger partial charge < -0.3 is 10.5 Å². The van der Waals surface area contributed by atoms with Crippen molar-refractivity contribution in [1.82, 2.24) is 14.8 Å². The first-order valence-corrected chi connectivity index (χ1v) is 6.55. The van der Waals surface area contributed by atoms with Crippen LogP contribution in [0.4, 0.5) is 5.69 Å². The average molecular weight is 272 g/mol. The van der Waals surface area contributed by atoms with Crippen molar-refractivity contribution in [3.8, 4) is 11.4 Å². The third-order valence-corrected chi connectivity index (χ3v) is 3.60. The number of carbonyl (C=O) groups is 1. The molecule has 0 amide bonds. The largest absolute Gasteiger partial charge is 0.469 e. The van der Waals surface area contributed by atoms with Gasteiger partial charge in [-0.25, -0.2) is 9.67 Å². The molecule has 0 saturated carbocycles. The summed E-state index contributed by atoms with van der Waals surface area (Å²) in [6.45, 7) is 0.675. The van der Waals surface area contributed by atoms with E-state index in [2.05, 4.69) is 10.1 Å². The highest BCUT2D eigenvalue weighted by Crippen LogP contribution is 2.26. The quantitative estimate of drug-likeness (QED) is 0.657. The molecule has 20 heavy (non-hydrogen) atoms. The van der Waals surface area contributed by atoms with Gasteiger partial charge in [-0.3, -0.25) is 4.79 Å². The smallest absolute Gasteiger partial charge is 0.309 e. The molecule has 1 aromatic heterocycles. The Morgan fingerprint density at radius 2 is 2.25 bits per heavy atom. The summed E-state index contributed by atoms with van der Waals surface area (Å²) in [5, 5.41) is 4.47. The first-order chi connectivity index (χ1) is 9.69. The molecule has 6 nitrogen and oxygen atoms in total. The maximum Gasteiger partial charge on any atom is 0.309 e. The standard InChI is InChI=1S/C14H16N4O2/c1-20-14(19)9-6-7-18-12(8-9)16-13(17-18)10-4-2-3-5-11(10)15/h2-5,9H,6-8,15H2,1H3. The van der Waals surface area contributed by atoms with Crippen molar-refractivity contribution in [3.05, 3.63) is 30.1 Å². The van der Waals surface area contributed by atoms with E-state index in [1.165, 1.54) is 7.11 Å². The number of fused-ring (bicyclic) bond motifs is 1. The molecule has 0 aliphatic carbocycles. The third kappa shape index (κ3) is 2.13. The Morgan fingerprint density at radius 3 is 3.00 bits per heavy atom. The second kappa shape index (κ2) is 4.96. The highest BCUT2D eigenvalue weighted by atomic mass is 16.5. The number of para-hydroxylation sites is 1. The molecule has 104 valence electrons. The minimum absolute atomic E-state index is 0.127. The molecular weight excluding hydrogens is 256 g/mol. The number of benzene rings is 1. The molecule has 3 rings (SSSR count). The van der Waals surface area contributed by atoms with Crippen LogP contribution in [0.25, 0.3) is 11.4 Å². The van der Waals surface area contributed by atoms with Crippen LogP contribution in [-0.2, 0) is 22.5 Å². The van der Waals surface area contributed by atoms with Gasteiger partial charge in [0.05, 0.1) is 13.0 Å². The molecule has 1 unspecified atom stereocenters. The normalized spacial score (nSPS) is 17.6. The molecule has 0 bridgehead atoms. The lowest BCUT2D eigenvalue weighted by atomic mass is 9.98. The number of hydrogen-bond donors (Lipinski definition) is 1. The Labute approximate surface area is 116 Å². The van der Waals surface area contributed by atoms with Gasteiger partial charge in [-0.15, -0.1) is 0 Å². The van der Waals surface area contributed by atoms with Crippen LogP contribution < -0.4 is 5.73 Å². The van der Waals surface area contributed by atoms with Gasteiger partial charge in [0, 0.05) is 24.2 Å². The zero-order chi connectivity index (χ0) is 14.1. The van der Waals surface area contributed by atoms with Crippen LogP contribution in [0.1, 0.15) is 12.2 Å². The van der Waals surface area contributed by atoms with Crippen LogP contribution >= 0.6 is 0 Å². The van der Waals surface area contributed by atoms with Gasteiger partial charge in [0.1, 0.15) is 5.82 Å². The van der Waals surface area contributed by atoms with E-state index in [4.69, 9.17) is 10.5 Å². The van der Waals surface area contributed by atoms with Gasteiger partial charge >= 0.3 is 5.97 Å². The number of methoxy groups -OCH3 is 1.